The summed E-state index contributed by atoms with van der Waals surface area (Å²) >= 11 is 10.8. The Morgan fingerprint density at radius 1 is 1.12 bits per heavy atom. The molecule has 26 heavy (non-hydrogen) atoms. The Morgan fingerprint density at radius 2 is 1.81 bits per heavy atom. The maximum atomic E-state index is 6.16. The van der Waals surface area contributed by atoms with Crippen LogP contribution >= 0.6 is 39.3 Å². The second kappa shape index (κ2) is 8.20. The summed E-state index contributed by atoms with van der Waals surface area (Å²) < 4.78 is 13.1. The molecule has 6 nitrogen and oxygen atoms in total. The molecule has 1 aromatic heterocycles. The first-order chi connectivity index (χ1) is 12.5. The maximum Gasteiger partial charge on any atom is 0.210 e. The highest BCUT2D eigenvalue weighted by Crippen LogP contribution is 2.36. The first-order valence-corrected chi connectivity index (χ1v) is 9.68. The van der Waals surface area contributed by atoms with Gasteiger partial charge >= 0.3 is 0 Å². The number of hydrogen-bond donors (Lipinski definition) is 1. The van der Waals surface area contributed by atoms with Crippen molar-refractivity contribution in [3.05, 3.63) is 51.5 Å². The van der Waals surface area contributed by atoms with E-state index in [0.29, 0.717) is 21.8 Å². The van der Waals surface area contributed by atoms with Crippen molar-refractivity contribution in [1.82, 2.24) is 14.9 Å². The molecule has 0 aliphatic carbocycles. The Bertz CT molecular complexity index is 918. The lowest BCUT2D eigenvalue weighted by Crippen LogP contribution is -2.11. The summed E-state index contributed by atoms with van der Waals surface area (Å²) in [6.45, 7) is 0. The SMILES string of the molecule is COc1cc(CSc2nnc(-c3ccc(Cl)cc3)n2N)c(OC)cc1Br. The normalized spacial score (nSPS) is 10.8. The van der Waals surface area contributed by atoms with Gasteiger partial charge in [-0.1, -0.05) is 23.4 Å². The third-order valence-electron chi connectivity index (χ3n) is 3.68. The molecular weight excluding hydrogens is 440 g/mol. The van der Waals surface area contributed by atoms with Crippen LogP contribution in [0.4, 0.5) is 0 Å². The van der Waals surface area contributed by atoms with Gasteiger partial charge in [-0.15, -0.1) is 10.2 Å². The van der Waals surface area contributed by atoms with E-state index in [1.807, 2.05) is 24.3 Å². The molecule has 3 rings (SSSR count). The van der Waals surface area contributed by atoms with Crippen molar-refractivity contribution in [3.8, 4) is 22.9 Å². The number of aromatic nitrogens is 3. The van der Waals surface area contributed by atoms with Crippen LogP contribution in [-0.4, -0.2) is 29.1 Å². The molecule has 0 aliphatic rings. The first kappa shape index (κ1) is 18.9. The lowest BCUT2D eigenvalue weighted by atomic mass is 10.2. The third-order valence-corrected chi connectivity index (χ3v) is 5.54. The van der Waals surface area contributed by atoms with Crippen LogP contribution in [0.2, 0.25) is 5.02 Å². The highest BCUT2D eigenvalue weighted by atomic mass is 79.9. The zero-order chi connectivity index (χ0) is 18.7. The van der Waals surface area contributed by atoms with Crippen LogP contribution in [0.15, 0.2) is 46.0 Å². The summed E-state index contributed by atoms with van der Waals surface area (Å²) in [6.07, 6.45) is 0. The van der Waals surface area contributed by atoms with Crippen molar-refractivity contribution in [2.75, 3.05) is 20.1 Å². The molecule has 0 saturated carbocycles. The topological polar surface area (TPSA) is 75.2 Å². The van der Waals surface area contributed by atoms with Gasteiger partial charge in [0.1, 0.15) is 11.5 Å². The number of benzene rings is 2. The van der Waals surface area contributed by atoms with E-state index >= 15 is 0 Å². The van der Waals surface area contributed by atoms with Gasteiger partial charge in [0.15, 0.2) is 5.82 Å². The van der Waals surface area contributed by atoms with Crippen molar-refractivity contribution in [1.29, 1.82) is 0 Å². The second-order valence-corrected chi connectivity index (χ2v) is 7.50. The van der Waals surface area contributed by atoms with Crippen molar-refractivity contribution >= 4 is 39.3 Å². The lowest BCUT2D eigenvalue weighted by Gasteiger charge is -2.12. The van der Waals surface area contributed by atoms with E-state index in [9.17, 15) is 0 Å². The summed E-state index contributed by atoms with van der Waals surface area (Å²) in [4.78, 5) is 0. The van der Waals surface area contributed by atoms with E-state index in [1.165, 1.54) is 16.4 Å². The van der Waals surface area contributed by atoms with Crippen molar-refractivity contribution in [3.63, 3.8) is 0 Å². The molecule has 0 fully saturated rings. The molecule has 0 amide bonds. The third kappa shape index (κ3) is 3.92. The maximum absolute atomic E-state index is 6.16. The number of halogens is 2. The molecule has 0 atom stereocenters. The number of hydrogen-bond acceptors (Lipinski definition) is 6. The average molecular weight is 456 g/mol. The fourth-order valence-electron chi connectivity index (χ4n) is 2.35. The molecule has 136 valence electrons. The largest absolute Gasteiger partial charge is 0.496 e. The molecule has 0 radical (unpaired) electrons. The number of ether oxygens (including phenoxy) is 2. The van der Waals surface area contributed by atoms with E-state index in [-0.39, 0.29) is 0 Å². The molecule has 2 aromatic carbocycles. The van der Waals surface area contributed by atoms with Gasteiger partial charge in [-0.25, -0.2) is 4.68 Å². The number of nitrogens with zero attached hydrogens (tertiary/aromatic N) is 3. The summed E-state index contributed by atoms with van der Waals surface area (Å²) in [7, 11) is 3.25. The van der Waals surface area contributed by atoms with Gasteiger partial charge in [-0.05, 0) is 52.3 Å². The van der Waals surface area contributed by atoms with Gasteiger partial charge in [0.2, 0.25) is 5.16 Å². The van der Waals surface area contributed by atoms with Crippen LogP contribution in [0, 0.1) is 0 Å². The molecule has 0 unspecified atom stereocenters. The fraction of sp³-hybridized carbons (Fsp3) is 0.176. The minimum absolute atomic E-state index is 0.574. The summed E-state index contributed by atoms with van der Waals surface area (Å²) in [5.41, 5.74) is 1.81. The fourth-order valence-corrected chi connectivity index (χ4v) is 3.79. The summed E-state index contributed by atoms with van der Waals surface area (Å²) in [6, 6.07) is 11.1. The predicted octanol–water partition coefficient (Wildman–Crippen LogP) is 4.38. The van der Waals surface area contributed by atoms with Crippen LogP contribution in [0.5, 0.6) is 11.5 Å². The Morgan fingerprint density at radius 3 is 2.46 bits per heavy atom. The van der Waals surface area contributed by atoms with Crippen LogP contribution in [-0.2, 0) is 5.75 Å². The molecule has 3 aromatic rings. The van der Waals surface area contributed by atoms with E-state index in [4.69, 9.17) is 26.9 Å². The van der Waals surface area contributed by atoms with Crippen LogP contribution < -0.4 is 15.3 Å². The molecule has 2 N–H and O–H groups in total. The van der Waals surface area contributed by atoms with Gasteiger partial charge < -0.3 is 15.3 Å². The van der Waals surface area contributed by atoms with Gasteiger partial charge in [-0.2, -0.15) is 0 Å². The zero-order valence-corrected chi connectivity index (χ0v) is 17.2. The van der Waals surface area contributed by atoms with Crippen LogP contribution in [0.3, 0.4) is 0 Å². The van der Waals surface area contributed by atoms with E-state index in [1.54, 1.807) is 26.4 Å². The van der Waals surface area contributed by atoms with E-state index in [0.717, 1.165) is 27.1 Å². The number of nitrogen functional groups attached to an aromatic ring is 1. The smallest absolute Gasteiger partial charge is 0.210 e. The van der Waals surface area contributed by atoms with E-state index < -0.39 is 0 Å². The zero-order valence-electron chi connectivity index (χ0n) is 14.1. The Balaban J connectivity index is 1.82. The number of rotatable bonds is 6. The first-order valence-electron chi connectivity index (χ1n) is 7.53. The number of thioether (sulfide) groups is 1. The van der Waals surface area contributed by atoms with Gasteiger partial charge in [0, 0.05) is 21.9 Å². The Kier molecular flexibility index (Phi) is 5.95. The minimum Gasteiger partial charge on any atom is -0.496 e. The number of nitrogens with two attached hydrogens (primary N) is 1. The molecular formula is C17H16BrClN4O2S. The second-order valence-electron chi connectivity index (χ2n) is 5.27. The van der Waals surface area contributed by atoms with Gasteiger partial charge in [0.25, 0.3) is 0 Å². The highest BCUT2D eigenvalue weighted by Gasteiger charge is 2.15. The lowest BCUT2D eigenvalue weighted by molar-refractivity contribution is 0.398. The van der Waals surface area contributed by atoms with Crippen molar-refractivity contribution < 1.29 is 9.47 Å². The van der Waals surface area contributed by atoms with Gasteiger partial charge in [-0.3, -0.25) is 0 Å². The van der Waals surface area contributed by atoms with Crippen molar-refractivity contribution in [2.24, 2.45) is 0 Å². The molecule has 0 saturated heterocycles. The molecule has 0 bridgehead atoms. The van der Waals surface area contributed by atoms with Crippen LogP contribution in [0.25, 0.3) is 11.4 Å². The Hall–Kier alpha value is -1.90. The van der Waals surface area contributed by atoms with Crippen molar-refractivity contribution in [2.45, 2.75) is 10.9 Å². The quantitative estimate of drug-likeness (QED) is 0.439. The monoisotopic (exact) mass is 454 g/mol. The number of methoxy groups -OCH3 is 2. The molecule has 0 aliphatic heterocycles. The predicted molar refractivity (Wildman–Crippen MR) is 107 cm³/mol. The standard InChI is InChI=1S/C17H16BrClN4O2S/c1-24-14-8-13(18)15(25-2)7-11(14)9-26-17-22-21-16(23(17)20)10-3-5-12(19)6-4-10/h3-8H,9,20H2,1-2H3. The summed E-state index contributed by atoms with van der Waals surface area (Å²) in [5.74, 6) is 8.83. The molecule has 9 heteroatoms. The highest BCUT2D eigenvalue weighted by molar-refractivity contribution is 9.10. The molecule has 0 spiro atoms. The summed E-state index contributed by atoms with van der Waals surface area (Å²) in [5, 5.41) is 9.61. The minimum atomic E-state index is 0.574. The van der Waals surface area contributed by atoms with E-state index in [2.05, 4.69) is 26.1 Å². The average Bonchev–Trinajstić information content (AvgIpc) is 3.01. The van der Waals surface area contributed by atoms with Gasteiger partial charge in [0.05, 0.1) is 18.7 Å². The Labute approximate surface area is 168 Å². The van der Waals surface area contributed by atoms with Crippen LogP contribution in [0.1, 0.15) is 5.56 Å². The molecule has 1 heterocycles.